The average molecular weight is 252 g/mol. The van der Waals surface area contributed by atoms with Crippen LogP contribution in [0.2, 0.25) is 0 Å². The molecule has 3 unspecified atom stereocenters. The largest absolute Gasteiger partial charge is 0.355 e. The van der Waals surface area contributed by atoms with Crippen molar-refractivity contribution in [1.82, 2.24) is 5.32 Å². The Hall–Kier alpha value is -0.570. The third-order valence-corrected chi connectivity index (χ3v) is 5.11. The van der Waals surface area contributed by atoms with Crippen LogP contribution in [0, 0.1) is 17.3 Å². The summed E-state index contributed by atoms with van der Waals surface area (Å²) in [5, 5.41) is 3.19. The molecule has 3 N–H and O–H groups in total. The van der Waals surface area contributed by atoms with Crippen LogP contribution in [0.4, 0.5) is 0 Å². The van der Waals surface area contributed by atoms with Gasteiger partial charge in [0.25, 0.3) is 0 Å². The molecule has 0 bridgehead atoms. The molecule has 3 heteroatoms. The van der Waals surface area contributed by atoms with Gasteiger partial charge >= 0.3 is 0 Å². The van der Waals surface area contributed by atoms with E-state index < -0.39 is 0 Å². The number of rotatable bonds is 3. The third kappa shape index (κ3) is 3.25. The highest BCUT2D eigenvalue weighted by Gasteiger charge is 2.32. The van der Waals surface area contributed by atoms with E-state index in [0.29, 0.717) is 17.4 Å². The molecule has 2 saturated carbocycles. The Kier molecular flexibility index (Phi) is 4.31. The van der Waals surface area contributed by atoms with Crippen LogP contribution < -0.4 is 11.1 Å². The number of hydrogen-bond donors (Lipinski definition) is 2. The van der Waals surface area contributed by atoms with E-state index in [1.807, 2.05) is 0 Å². The average Bonchev–Trinajstić information content (AvgIpc) is 2.77. The van der Waals surface area contributed by atoms with Crippen molar-refractivity contribution in [2.75, 3.05) is 6.54 Å². The van der Waals surface area contributed by atoms with Gasteiger partial charge in [0.15, 0.2) is 0 Å². The molecule has 0 heterocycles. The molecule has 0 aromatic rings. The predicted octanol–water partition coefficient (Wildman–Crippen LogP) is 2.45. The number of carbonyl (C=O) groups excluding carboxylic acids is 1. The summed E-state index contributed by atoms with van der Waals surface area (Å²) in [5.41, 5.74) is 6.36. The minimum atomic E-state index is 0.199. The minimum Gasteiger partial charge on any atom is -0.355 e. The van der Waals surface area contributed by atoms with Crippen LogP contribution in [-0.2, 0) is 4.79 Å². The predicted molar refractivity (Wildman–Crippen MR) is 74.1 cm³/mol. The molecular formula is C15H28N2O. The summed E-state index contributed by atoms with van der Waals surface area (Å²) < 4.78 is 0. The summed E-state index contributed by atoms with van der Waals surface area (Å²) in [6.45, 7) is 5.34. The Morgan fingerprint density at radius 1 is 1.33 bits per heavy atom. The highest BCUT2D eigenvalue weighted by atomic mass is 16.1. The molecule has 0 spiro atoms. The van der Waals surface area contributed by atoms with Gasteiger partial charge in [0.1, 0.15) is 0 Å². The summed E-state index contributed by atoms with van der Waals surface area (Å²) >= 11 is 0. The zero-order valence-corrected chi connectivity index (χ0v) is 11.9. The van der Waals surface area contributed by atoms with Crippen LogP contribution in [0.1, 0.15) is 58.8 Å². The molecule has 0 aromatic heterocycles. The fourth-order valence-electron chi connectivity index (χ4n) is 3.51. The van der Waals surface area contributed by atoms with E-state index in [1.165, 1.54) is 25.7 Å². The Balaban J connectivity index is 1.78. The zero-order valence-electron chi connectivity index (χ0n) is 11.9. The van der Waals surface area contributed by atoms with Gasteiger partial charge in [0, 0.05) is 18.5 Å². The number of nitrogens with two attached hydrogens (primary N) is 1. The molecule has 2 aliphatic carbocycles. The van der Waals surface area contributed by atoms with Gasteiger partial charge in [-0.05, 0) is 43.4 Å². The van der Waals surface area contributed by atoms with E-state index in [-0.39, 0.29) is 11.8 Å². The van der Waals surface area contributed by atoms with Crippen molar-refractivity contribution in [3.63, 3.8) is 0 Å². The lowest BCUT2D eigenvalue weighted by atomic mass is 9.79. The van der Waals surface area contributed by atoms with Crippen LogP contribution in [-0.4, -0.2) is 18.5 Å². The first-order valence-corrected chi connectivity index (χ1v) is 7.53. The van der Waals surface area contributed by atoms with Crippen LogP contribution >= 0.6 is 0 Å². The fraction of sp³-hybridized carbons (Fsp3) is 0.933. The topological polar surface area (TPSA) is 55.1 Å². The molecule has 3 nitrogen and oxygen atoms in total. The van der Waals surface area contributed by atoms with Crippen molar-refractivity contribution in [1.29, 1.82) is 0 Å². The fourth-order valence-corrected chi connectivity index (χ4v) is 3.51. The Bertz CT molecular complexity index is 297. The van der Waals surface area contributed by atoms with Crippen molar-refractivity contribution >= 4 is 5.91 Å². The zero-order chi connectivity index (χ0) is 13.2. The minimum absolute atomic E-state index is 0.199. The Morgan fingerprint density at radius 2 is 2.00 bits per heavy atom. The van der Waals surface area contributed by atoms with E-state index in [9.17, 15) is 4.79 Å². The second kappa shape index (κ2) is 5.60. The number of carbonyl (C=O) groups is 1. The second-order valence-corrected chi connectivity index (χ2v) is 6.89. The lowest BCUT2D eigenvalue weighted by Crippen LogP contribution is -2.42. The maximum absolute atomic E-state index is 12.2. The van der Waals surface area contributed by atoms with Gasteiger partial charge in [0.2, 0.25) is 5.91 Å². The summed E-state index contributed by atoms with van der Waals surface area (Å²) in [7, 11) is 0. The lowest BCUT2D eigenvalue weighted by Gasteiger charge is -2.32. The smallest absolute Gasteiger partial charge is 0.223 e. The summed E-state index contributed by atoms with van der Waals surface area (Å²) in [6.07, 6.45) is 8.09. The lowest BCUT2D eigenvalue weighted by molar-refractivity contribution is -0.127. The van der Waals surface area contributed by atoms with Gasteiger partial charge < -0.3 is 11.1 Å². The number of nitrogens with one attached hydrogen (secondary N) is 1. The van der Waals surface area contributed by atoms with Crippen molar-refractivity contribution < 1.29 is 4.79 Å². The highest BCUT2D eigenvalue weighted by molar-refractivity contribution is 5.78. The molecule has 2 rings (SSSR count). The van der Waals surface area contributed by atoms with Gasteiger partial charge in [-0.25, -0.2) is 0 Å². The molecule has 18 heavy (non-hydrogen) atoms. The molecule has 0 aliphatic heterocycles. The summed E-state index contributed by atoms with van der Waals surface area (Å²) in [6, 6.07) is 0.293. The molecular weight excluding hydrogens is 224 g/mol. The molecule has 0 saturated heterocycles. The quantitative estimate of drug-likeness (QED) is 0.810. The maximum Gasteiger partial charge on any atom is 0.223 e. The van der Waals surface area contributed by atoms with E-state index in [2.05, 4.69) is 19.2 Å². The Morgan fingerprint density at radius 3 is 2.61 bits per heavy atom. The van der Waals surface area contributed by atoms with Crippen LogP contribution in [0.3, 0.4) is 0 Å². The van der Waals surface area contributed by atoms with Gasteiger partial charge in [-0.2, -0.15) is 0 Å². The monoisotopic (exact) mass is 252 g/mol. The first-order valence-electron chi connectivity index (χ1n) is 7.53. The molecule has 2 fully saturated rings. The first kappa shape index (κ1) is 13.9. The van der Waals surface area contributed by atoms with Gasteiger partial charge in [-0.15, -0.1) is 0 Å². The van der Waals surface area contributed by atoms with E-state index >= 15 is 0 Å². The number of hydrogen-bond acceptors (Lipinski definition) is 2. The molecule has 0 radical (unpaired) electrons. The van der Waals surface area contributed by atoms with Gasteiger partial charge in [0.05, 0.1) is 0 Å². The van der Waals surface area contributed by atoms with E-state index in [1.54, 1.807) is 0 Å². The van der Waals surface area contributed by atoms with Crippen molar-refractivity contribution in [3.8, 4) is 0 Å². The second-order valence-electron chi connectivity index (χ2n) is 6.89. The first-order chi connectivity index (χ1) is 8.50. The summed E-state index contributed by atoms with van der Waals surface area (Å²) in [4.78, 5) is 12.2. The molecule has 1 amide bonds. The Labute approximate surface area is 111 Å². The van der Waals surface area contributed by atoms with Gasteiger partial charge in [-0.1, -0.05) is 26.7 Å². The standard InChI is InChI=1S/C15H28N2O/c1-11-9-12(5-6-13(11)16)14(18)17-10-15(2)7-3-4-8-15/h11-13H,3-10,16H2,1-2H3,(H,17,18). The SMILES string of the molecule is CC1CC(C(=O)NCC2(C)CCCC2)CCC1N. The molecule has 104 valence electrons. The van der Waals surface area contributed by atoms with Gasteiger partial charge in [-0.3, -0.25) is 4.79 Å². The van der Waals surface area contributed by atoms with Crippen molar-refractivity contribution in [2.24, 2.45) is 23.0 Å². The highest BCUT2D eigenvalue weighted by Crippen LogP contribution is 2.37. The van der Waals surface area contributed by atoms with Crippen LogP contribution in [0.15, 0.2) is 0 Å². The molecule has 3 atom stereocenters. The van der Waals surface area contributed by atoms with Crippen LogP contribution in [0.5, 0.6) is 0 Å². The molecule has 2 aliphatic rings. The van der Waals surface area contributed by atoms with Crippen LogP contribution in [0.25, 0.3) is 0 Å². The number of amides is 1. The normalized spacial score (nSPS) is 35.4. The van der Waals surface area contributed by atoms with E-state index in [4.69, 9.17) is 5.73 Å². The summed E-state index contributed by atoms with van der Waals surface area (Å²) in [5.74, 6) is 0.947. The van der Waals surface area contributed by atoms with Crippen molar-refractivity contribution in [2.45, 2.75) is 64.8 Å². The van der Waals surface area contributed by atoms with E-state index in [0.717, 1.165) is 25.8 Å². The maximum atomic E-state index is 12.2. The third-order valence-electron chi connectivity index (χ3n) is 5.11. The van der Waals surface area contributed by atoms with Crippen molar-refractivity contribution in [3.05, 3.63) is 0 Å². The molecule has 0 aromatic carbocycles.